The van der Waals surface area contributed by atoms with Gasteiger partial charge in [0.05, 0.1) is 0 Å². The number of rotatable bonds is 0. The largest absolute Gasteiger partial charge is 0.451 e. The summed E-state index contributed by atoms with van der Waals surface area (Å²) in [5.41, 5.74) is 0.804. The molecule has 0 spiro atoms. The van der Waals surface area contributed by atoms with E-state index < -0.39 is 17.8 Å². The van der Waals surface area contributed by atoms with E-state index in [1.165, 1.54) is 6.07 Å². The summed E-state index contributed by atoms with van der Waals surface area (Å²) in [7, 11) is 0. The first-order valence-corrected chi connectivity index (χ1v) is 5.54. The zero-order valence-corrected chi connectivity index (χ0v) is 9.88. The lowest BCUT2D eigenvalue weighted by molar-refractivity contribution is -0.145. The third-order valence-corrected chi connectivity index (χ3v) is 3.01. The smallest absolute Gasteiger partial charge is 0.287 e. The number of halogens is 4. The Bertz CT molecular complexity index is 713. The molecule has 1 heterocycles. The van der Waals surface area contributed by atoms with Crippen LogP contribution in [0.2, 0.25) is 5.02 Å². The fourth-order valence-electron chi connectivity index (χ4n) is 1.96. The molecule has 3 nitrogen and oxygen atoms in total. The predicted octanol–water partition coefficient (Wildman–Crippen LogP) is 3.36. The van der Waals surface area contributed by atoms with Crippen molar-refractivity contribution in [2.75, 3.05) is 0 Å². The molecule has 0 bridgehead atoms. The molecular formula is C12H4ClF3N2O. The third kappa shape index (κ3) is 1.79. The van der Waals surface area contributed by atoms with Gasteiger partial charge in [-0.15, -0.1) is 0 Å². The Morgan fingerprint density at radius 2 is 1.84 bits per heavy atom. The molecule has 0 saturated heterocycles. The first-order chi connectivity index (χ1) is 8.88. The average molecular weight is 285 g/mol. The van der Waals surface area contributed by atoms with Crippen molar-refractivity contribution < 1.29 is 18.0 Å². The number of ketones is 1. The Kier molecular flexibility index (Phi) is 2.40. The molecular weight excluding hydrogens is 281 g/mol. The number of carbonyl (C=O) groups is 1. The van der Waals surface area contributed by atoms with Gasteiger partial charge in [0.25, 0.3) is 0 Å². The first kappa shape index (κ1) is 12.1. The topological polar surface area (TPSA) is 42.9 Å². The number of aromatic nitrogens is 2. The minimum absolute atomic E-state index is 0.236. The molecule has 0 aliphatic heterocycles. The number of benzene rings is 1. The highest BCUT2D eigenvalue weighted by Gasteiger charge is 2.38. The summed E-state index contributed by atoms with van der Waals surface area (Å²) >= 11 is 5.77. The normalized spacial score (nSPS) is 13.4. The van der Waals surface area contributed by atoms with Crippen LogP contribution in [0.25, 0.3) is 11.1 Å². The van der Waals surface area contributed by atoms with Gasteiger partial charge in [0.2, 0.25) is 11.6 Å². The maximum Gasteiger partial charge on any atom is 0.451 e. The van der Waals surface area contributed by atoms with Crippen LogP contribution in [0.5, 0.6) is 0 Å². The van der Waals surface area contributed by atoms with E-state index in [1.807, 2.05) is 0 Å². The van der Waals surface area contributed by atoms with Crippen molar-refractivity contribution in [1.29, 1.82) is 0 Å². The molecule has 7 heteroatoms. The van der Waals surface area contributed by atoms with Crippen molar-refractivity contribution in [2.24, 2.45) is 0 Å². The van der Waals surface area contributed by atoms with E-state index in [2.05, 4.69) is 9.97 Å². The molecule has 1 aliphatic rings. The maximum atomic E-state index is 12.5. The summed E-state index contributed by atoms with van der Waals surface area (Å²) in [6, 6.07) is 4.53. The van der Waals surface area contributed by atoms with Crippen LogP contribution in [0.1, 0.15) is 21.9 Å². The van der Waals surface area contributed by atoms with Gasteiger partial charge in [-0.1, -0.05) is 17.7 Å². The molecule has 0 radical (unpaired) electrons. The second-order valence-corrected chi connectivity index (χ2v) is 4.41. The van der Waals surface area contributed by atoms with Crippen LogP contribution in [0, 0.1) is 0 Å². The van der Waals surface area contributed by atoms with Crippen LogP contribution in [0.4, 0.5) is 13.2 Å². The molecule has 2 aromatic rings. The fourth-order valence-corrected chi connectivity index (χ4v) is 2.13. The summed E-state index contributed by atoms with van der Waals surface area (Å²) in [6.45, 7) is 0. The van der Waals surface area contributed by atoms with Crippen molar-refractivity contribution >= 4 is 17.4 Å². The molecule has 0 saturated carbocycles. The number of alkyl halides is 3. The fraction of sp³-hybridized carbons (Fsp3) is 0.0833. The summed E-state index contributed by atoms with van der Waals surface area (Å²) in [5.74, 6) is -1.89. The minimum atomic E-state index is -4.68. The van der Waals surface area contributed by atoms with Gasteiger partial charge in [-0.05, 0) is 17.7 Å². The molecule has 0 unspecified atom stereocenters. The van der Waals surface area contributed by atoms with Gasteiger partial charge >= 0.3 is 6.18 Å². The van der Waals surface area contributed by atoms with Gasteiger partial charge in [-0.2, -0.15) is 13.2 Å². The lowest BCUT2D eigenvalue weighted by atomic mass is 10.1. The number of nitrogens with zero attached hydrogens (tertiary/aromatic N) is 2. The van der Waals surface area contributed by atoms with E-state index in [0.717, 1.165) is 6.20 Å². The number of carbonyl (C=O) groups excluding carboxylic acids is 1. The second-order valence-electron chi connectivity index (χ2n) is 3.97. The van der Waals surface area contributed by atoms with E-state index in [1.54, 1.807) is 12.1 Å². The van der Waals surface area contributed by atoms with Gasteiger partial charge in [0.15, 0.2) is 0 Å². The van der Waals surface area contributed by atoms with Gasteiger partial charge in [0, 0.05) is 22.3 Å². The Morgan fingerprint density at radius 1 is 1.11 bits per heavy atom. The lowest BCUT2D eigenvalue weighted by Gasteiger charge is -2.05. The Labute approximate surface area is 110 Å². The molecule has 0 N–H and O–H groups in total. The molecule has 0 fully saturated rings. The molecule has 96 valence electrons. The van der Waals surface area contributed by atoms with Gasteiger partial charge < -0.3 is 0 Å². The van der Waals surface area contributed by atoms with E-state index in [0.29, 0.717) is 16.1 Å². The SMILES string of the molecule is O=C1c2cc(Cl)ccc2-c2cnc(C(F)(F)F)nc21. The molecule has 1 aromatic carbocycles. The monoisotopic (exact) mass is 284 g/mol. The molecule has 19 heavy (non-hydrogen) atoms. The zero-order valence-electron chi connectivity index (χ0n) is 9.12. The van der Waals surface area contributed by atoms with Crippen molar-refractivity contribution in [3.63, 3.8) is 0 Å². The number of hydrogen-bond donors (Lipinski definition) is 0. The minimum Gasteiger partial charge on any atom is -0.287 e. The van der Waals surface area contributed by atoms with Gasteiger partial charge in [-0.25, -0.2) is 9.97 Å². The highest BCUT2D eigenvalue weighted by molar-refractivity contribution is 6.32. The quantitative estimate of drug-likeness (QED) is 0.636. The average Bonchev–Trinajstić information content (AvgIpc) is 2.62. The van der Waals surface area contributed by atoms with Crippen LogP contribution in [0.15, 0.2) is 24.4 Å². The number of fused-ring (bicyclic) bond motifs is 3. The van der Waals surface area contributed by atoms with Gasteiger partial charge in [-0.3, -0.25) is 4.79 Å². The van der Waals surface area contributed by atoms with Crippen LogP contribution >= 0.6 is 11.6 Å². The van der Waals surface area contributed by atoms with Gasteiger partial charge in [0.1, 0.15) is 5.69 Å². The van der Waals surface area contributed by atoms with Crippen LogP contribution < -0.4 is 0 Å². The molecule has 0 atom stereocenters. The lowest BCUT2D eigenvalue weighted by Crippen LogP contribution is -2.13. The van der Waals surface area contributed by atoms with E-state index >= 15 is 0 Å². The summed E-state index contributed by atoms with van der Waals surface area (Å²) < 4.78 is 37.6. The number of hydrogen-bond acceptors (Lipinski definition) is 3. The van der Waals surface area contributed by atoms with Crippen molar-refractivity contribution in [2.45, 2.75) is 6.18 Å². The standard InChI is InChI=1S/C12H4ClF3N2O/c13-5-1-2-6-7(3-5)10(19)9-8(6)4-17-11(18-9)12(14,15)16/h1-4H. The van der Waals surface area contributed by atoms with Crippen LogP contribution in [-0.2, 0) is 6.18 Å². The van der Waals surface area contributed by atoms with E-state index in [9.17, 15) is 18.0 Å². The summed E-state index contributed by atoms with van der Waals surface area (Å²) in [4.78, 5) is 18.6. The summed E-state index contributed by atoms with van der Waals surface area (Å²) in [6.07, 6.45) is -3.66. The highest BCUT2D eigenvalue weighted by Crippen LogP contribution is 2.37. The summed E-state index contributed by atoms with van der Waals surface area (Å²) in [5, 5.41) is 0.337. The highest BCUT2D eigenvalue weighted by atomic mass is 35.5. The van der Waals surface area contributed by atoms with E-state index in [4.69, 9.17) is 11.6 Å². The van der Waals surface area contributed by atoms with Crippen LogP contribution in [-0.4, -0.2) is 15.8 Å². The maximum absolute atomic E-state index is 12.5. The predicted molar refractivity (Wildman–Crippen MR) is 60.9 cm³/mol. The molecule has 1 aromatic heterocycles. The Morgan fingerprint density at radius 3 is 2.53 bits per heavy atom. The zero-order chi connectivity index (χ0) is 13.8. The third-order valence-electron chi connectivity index (χ3n) is 2.77. The molecule has 3 rings (SSSR count). The molecule has 1 aliphatic carbocycles. The Hall–Kier alpha value is -1.95. The van der Waals surface area contributed by atoms with Crippen LogP contribution in [0.3, 0.4) is 0 Å². The Balaban J connectivity index is 2.22. The van der Waals surface area contributed by atoms with E-state index in [-0.39, 0.29) is 11.3 Å². The first-order valence-electron chi connectivity index (χ1n) is 5.17. The second kappa shape index (κ2) is 3.77. The van der Waals surface area contributed by atoms with Crippen molar-refractivity contribution in [3.8, 4) is 11.1 Å². The van der Waals surface area contributed by atoms with Crippen molar-refractivity contribution in [1.82, 2.24) is 9.97 Å². The van der Waals surface area contributed by atoms with Crippen molar-refractivity contribution in [3.05, 3.63) is 46.5 Å². The molecule has 0 amide bonds.